The molecule has 0 aromatic carbocycles. The van der Waals surface area contributed by atoms with Crippen LogP contribution in [0.15, 0.2) is 0 Å². The normalized spacial score (nSPS) is 9.14. The average molecular weight is 743 g/mol. The SMILES string of the molecule is CC(=O)O.CC(=O)O.CC(=O)O.CC(=O)O.CC(=O)O.CC(=O)O.CCCCCCCC(CCCCCCC)(CCCCCCC)C(=O)OCC. The Morgan fingerprint density at radius 1 is 0.373 bits per heavy atom. The van der Waals surface area contributed by atoms with Gasteiger partial charge in [0.2, 0.25) is 0 Å². The molecule has 0 amide bonds. The van der Waals surface area contributed by atoms with Gasteiger partial charge in [0, 0.05) is 41.5 Å². The highest BCUT2D eigenvalue weighted by Gasteiger charge is 2.38. The Hall–Kier alpha value is -3.71. The molecule has 0 heterocycles. The summed E-state index contributed by atoms with van der Waals surface area (Å²) in [6, 6.07) is 0. The van der Waals surface area contributed by atoms with Gasteiger partial charge in [-0.05, 0) is 26.2 Å². The van der Waals surface area contributed by atoms with Crippen LogP contribution in [0.5, 0.6) is 0 Å². The average Bonchev–Trinajstić information content (AvgIpc) is 2.95. The highest BCUT2D eigenvalue weighted by molar-refractivity contribution is 5.76. The Morgan fingerprint density at radius 2 is 0.549 bits per heavy atom. The van der Waals surface area contributed by atoms with E-state index in [0.29, 0.717) is 6.61 Å². The molecular weight excluding hydrogens is 668 g/mol. The van der Waals surface area contributed by atoms with E-state index in [1.165, 1.54) is 96.3 Å². The van der Waals surface area contributed by atoms with Crippen LogP contribution in [-0.2, 0) is 38.3 Å². The maximum atomic E-state index is 13.0. The van der Waals surface area contributed by atoms with Crippen molar-refractivity contribution in [1.29, 1.82) is 0 Å². The predicted molar refractivity (Wildman–Crippen MR) is 199 cm³/mol. The lowest BCUT2D eigenvalue weighted by Crippen LogP contribution is -2.33. The first-order chi connectivity index (χ1) is 23.6. The molecule has 0 rings (SSSR count). The second-order valence-electron chi connectivity index (χ2n) is 11.6. The van der Waals surface area contributed by atoms with E-state index in [-0.39, 0.29) is 11.4 Å². The Balaban J connectivity index is -0.000000129. The summed E-state index contributed by atoms with van der Waals surface area (Å²) in [6.45, 7) is 15.7. The Kier molecular flexibility index (Phi) is 62.0. The van der Waals surface area contributed by atoms with Crippen LogP contribution in [0.25, 0.3) is 0 Å². The van der Waals surface area contributed by atoms with Crippen LogP contribution < -0.4 is 0 Å². The minimum Gasteiger partial charge on any atom is -0.481 e. The zero-order valence-corrected chi connectivity index (χ0v) is 33.4. The number of aliphatic carboxylic acids is 6. The smallest absolute Gasteiger partial charge is 0.312 e. The summed E-state index contributed by atoms with van der Waals surface area (Å²) >= 11 is 0. The van der Waals surface area contributed by atoms with Gasteiger partial charge in [-0.15, -0.1) is 0 Å². The molecule has 14 heteroatoms. The largest absolute Gasteiger partial charge is 0.481 e. The summed E-state index contributed by atoms with van der Waals surface area (Å²) in [5.74, 6) is -4.90. The highest BCUT2D eigenvalue weighted by Crippen LogP contribution is 2.39. The molecule has 6 N–H and O–H groups in total. The topological polar surface area (TPSA) is 250 Å². The number of carbonyl (C=O) groups is 7. The highest BCUT2D eigenvalue weighted by atomic mass is 16.5. The first kappa shape index (κ1) is 62.4. The number of unbranched alkanes of at least 4 members (excludes halogenated alkanes) is 12. The van der Waals surface area contributed by atoms with Gasteiger partial charge in [0.15, 0.2) is 0 Å². The van der Waals surface area contributed by atoms with Gasteiger partial charge in [0.25, 0.3) is 35.8 Å². The van der Waals surface area contributed by atoms with Crippen LogP contribution in [0, 0.1) is 5.41 Å². The van der Waals surface area contributed by atoms with Gasteiger partial charge in [0.05, 0.1) is 12.0 Å². The van der Waals surface area contributed by atoms with E-state index >= 15 is 0 Å². The minimum atomic E-state index is -0.833. The number of hydrogen-bond acceptors (Lipinski definition) is 8. The van der Waals surface area contributed by atoms with E-state index in [0.717, 1.165) is 60.8 Å². The van der Waals surface area contributed by atoms with Crippen molar-refractivity contribution in [2.45, 2.75) is 185 Å². The maximum Gasteiger partial charge on any atom is 0.312 e. The van der Waals surface area contributed by atoms with Crippen molar-refractivity contribution in [2.24, 2.45) is 5.41 Å². The monoisotopic (exact) mass is 743 g/mol. The zero-order chi connectivity index (χ0) is 41.7. The molecule has 0 aromatic rings. The third-order valence-electron chi connectivity index (χ3n) is 5.99. The molecule has 0 spiro atoms. The first-order valence-corrected chi connectivity index (χ1v) is 17.9. The fraction of sp³-hybridized carbons (Fsp3) is 0.811. The third kappa shape index (κ3) is 106. The summed E-state index contributed by atoms with van der Waals surface area (Å²) in [5.41, 5.74) is -0.208. The van der Waals surface area contributed by atoms with Gasteiger partial charge >= 0.3 is 5.97 Å². The van der Waals surface area contributed by atoms with E-state index in [1.54, 1.807) is 0 Å². The second kappa shape index (κ2) is 50.7. The van der Waals surface area contributed by atoms with Crippen LogP contribution in [0.1, 0.15) is 185 Å². The lowest BCUT2D eigenvalue weighted by atomic mass is 9.74. The summed E-state index contributed by atoms with van der Waals surface area (Å²) in [5, 5.41) is 44.5. The van der Waals surface area contributed by atoms with Crippen LogP contribution in [0.4, 0.5) is 0 Å². The number of ether oxygens (including phenoxy) is 1. The fourth-order valence-corrected chi connectivity index (χ4v) is 4.17. The van der Waals surface area contributed by atoms with E-state index in [1.807, 2.05) is 6.92 Å². The van der Waals surface area contributed by atoms with Crippen LogP contribution >= 0.6 is 0 Å². The molecule has 0 radical (unpaired) electrons. The van der Waals surface area contributed by atoms with Crippen LogP contribution in [0.3, 0.4) is 0 Å². The molecule has 0 saturated heterocycles. The van der Waals surface area contributed by atoms with Crippen molar-refractivity contribution in [3.8, 4) is 0 Å². The molecule has 0 saturated carbocycles. The van der Waals surface area contributed by atoms with Crippen molar-refractivity contribution in [3.63, 3.8) is 0 Å². The van der Waals surface area contributed by atoms with Gasteiger partial charge in [-0.1, -0.05) is 117 Å². The molecule has 306 valence electrons. The third-order valence-corrected chi connectivity index (χ3v) is 5.99. The van der Waals surface area contributed by atoms with Gasteiger partial charge < -0.3 is 35.4 Å². The van der Waals surface area contributed by atoms with E-state index in [4.69, 9.17) is 64.1 Å². The molecule has 0 aliphatic heterocycles. The quantitative estimate of drug-likeness (QED) is 0.0502. The standard InChI is InChI=1S/C25H50O2.6C2H4O2/c1-5-9-12-15-18-21-25(24(26)27-8-4,22-19-16-13-10-6-2)23-20-17-14-11-7-3;6*1-2(3)4/h5-23H2,1-4H3;6*1H3,(H,3,4). The van der Waals surface area contributed by atoms with Gasteiger partial charge in [-0.25, -0.2) is 0 Å². The molecular formula is C37H74O14. The zero-order valence-electron chi connectivity index (χ0n) is 33.4. The van der Waals surface area contributed by atoms with Crippen molar-refractivity contribution < 1.29 is 68.9 Å². The van der Waals surface area contributed by atoms with Crippen molar-refractivity contribution in [2.75, 3.05) is 6.61 Å². The number of carboxylic acid groups (broad SMARTS) is 6. The van der Waals surface area contributed by atoms with E-state index in [9.17, 15) is 4.79 Å². The summed E-state index contributed by atoms with van der Waals surface area (Å²) in [4.78, 5) is 67.0. The molecule has 0 bridgehead atoms. The van der Waals surface area contributed by atoms with Crippen LogP contribution in [-0.4, -0.2) is 79.0 Å². The van der Waals surface area contributed by atoms with Gasteiger partial charge in [-0.3, -0.25) is 33.6 Å². The number of rotatable bonds is 20. The summed E-state index contributed by atoms with van der Waals surface area (Å²) in [7, 11) is 0. The molecule has 14 nitrogen and oxygen atoms in total. The molecule has 0 fully saturated rings. The number of carboxylic acids is 6. The molecule has 0 atom stereocenters. The molecule has 0 aliphatic rings. The van der Waals surface area contributed by atoms with E-state index in [2.05, 4.69) is 20.8 Å². The summed E-state index contributed by atoms with van der Waals surface area (Å²) in [6.07, 6.45) is 22.2. The number of carbonyl (C=O) groups excluding carboxylic acids is 1. The van der Waals surface area contributed by atoms with Crippen molar-refractivity contribution >= 4 is 41.8 Å². The summed E-state index contributed by atoms with van der Waals surface area (Å²) < 4.78 is 5.60. The minimum absolute atomic E-state index is 0.103. The number of hydrogen-bond donors (Lipinski definition) is 6. The van der Waals surface area contributed by atoms with Gasteiger partial charge in [-0.2, -0.15) is 0 Å². The van der Waals surface area contributed by atoms with Crippen molar-refractivity contribution in [3.05, 3.63) is 0 Å². The molecule has 0 aromatic heterocycles. The second-order valence-corrected chi connectivity index (χ2v) is 11.6. The Bertz CT molecular complexity index is 688. The Labute approximate surface area is 307 Å². The molecule has 51 heavy (non-hydrogen) atoms. The maximum absolute atomic E-state index is 13.0. The van der Waals surface area contributed by atoms with Gasteiger partial charge in [0.1, 0.15) is 0 Å². The lowest BCUT2D eigenvalue weighted by molar-refractivity contribution is -0.157. The molecule has 0 unspecified atom stereocenters. The van der Waals surface area contributed by atoms with Crippen LogP contribution in [0.2, 0.25) is 0 Å². The Morgan fingerprint density at radius 3 is 0.706 bits per heavy atom. The molecule has 0 aliphatic carbocycles. The number of esters is 1. The fourth-order valence-electron chi connectivity index (χ4n) is 4.17. The van der Waals surface area contributed by atoms with Crippen molar-refractivity contribution in [1.82, 2.24) is 0 Å². The first-order valence-electron chi connectivity index (χ1n) is 17.9. The predicted octanol–water partition coefficient (Wildman–Crippen LogP) is 9.16. The lowest BCUT2D eigenvalue weighted by Gasteiger charge is -2.32. The van der Waals surface area contributed by atoms with E-state index < -0.39 is 35.8 Å².